The molecule has 10 heavy (non-hydrogen) atoms. The summed E-state index contributed by atoms with van der Waals surface area (Å²) in [7, 11) is 0. The molecular weight excluding hydrogens is 291 g/mol. The molecule has 0 aromatic heterocycles. The van der Waals surface area contributed by atoms with Crippen LogP contribution in [0.15, 0.2) is 0 Å². The predicted molar refractivity (Wildman–Crippen MR) is 42.5 cm³/mol. The minimum Gasteiger partial charge on any atom is -0.672 e. The van der Waals surface area contributed by atoms with E-state index >= 15 is 0 Å². The largest absolute Gasteiger partial charge is 0.672 e. The van der Waals surface area contributed by atoms with Crippen LogP contribution in [0.1, 0.15) is 41.0 Å². The van der Waals surface area contributed by atoms with Crippen molar-refractivity contribution in [2.45, 2.75) is 46.6 Å². The van der Waals surface area contributed by atoms with Crippen molar-refractivity contribution in [2.24, 2.45) is 5.41 Å². The Bertz CT molecular complexity index is 91.9. The number of hydrogen-bond acceptors (Lipinski definition) is 0. The average Bonchev–Trinajstić information content (AvgIpc) is 1.64. The van der Waals surface area contributed by atoms with Crippen LogP contribution in [0.2, 0.25) is 0 Å². The summed E-state index contributed by atoms with van der Waals surface area (Å²) in [5.41, 5.74) is 7.58. The van der Waals surface area contributed by atoms with E-state index < -0.39 is 0 Å². The first kappa shape index (κ1) is 13.3. The Hall–Kier alpha value is 0.700. The van der Waals surface area contributed by atoms with Gasteiger partial charge in [-0.05, 0) is 5.41 Å². The Labute approximate surface area is 80.3 Å². The summed E-state index contributed by atoms with van der Waals surface area (Å²) >= 11 is 0. The van der Waals surface area contributed by atoms with Crippen molar-refractivity contribution in [1.82, 2.24) is 0 Å². The van der Waals surface area contributed by atoms with Gasteiger partial charge in [-0.1, -0.05) is 41.0 Å². The van der Waals surface area contributed by atoms with Crippen LogP contribution < -0.4 is 0 Å². The zero-order chi connectivity index (χ0) is 7.71. The molecule has 0 aromatic carbocycles. The fourth-order valence-corrected chi connectivity index (χ4v) is 0.442. The molecule has 0 spiro atoms. The summed E-state index contributed by atoms with van der Waals surface area (Å²) in [6, 6.07) is 0. The molecule has 0 heterocycles. The summed E-state index contributed by atoms with van der Waals surface area (Å²) in [6.07, 6.45) is 1.07. The third-order valence-corrected chi connectivity index (χ3v) is 2.58. The van der Waals surface area contributed by atoms with Gasteiger partial charge in [0.2, 0.25) is 0 Å². The van der Waals surface area contributed by atoms with Crippen LogP contribution in [0.4, 0.5) is 0 Å². The number of hydrogen-bond donors (Lipinski definition) is 0. The molecule has 0 atom stereocenters. The van der Waals surface area contributed by atoms with Crippen molar-refractivity contribution in [3.63, 3.8) is 0 Å². The third kappa shape index (κ3) is 3.20. The third-order valence-electron chi connectivity index (χ3n) is 2.58. The zero-order valence-electron chi connectivity index (χ0n) is 7.65. The maximum atomic E-state index is 7.73. The first-order valence-corrected chi connectivity index (χ1v) is 3.56. The van der Waals surface area contributed by atoms with Crippen LogP contribution in [-0.2, 0) is 22.4 Å². The number of nitrogens with one attached hydrogen (secondary N) is 1. The quantitative estimate of drug-likeness (QED) is 0.748. The van der Waals surface area contributed by atoms with Crippen LogP contribution >= 0.6 is 0 Å². The van der Waals surface area contributed by atoms with E-state index in [0.717, 1.165) is 6.42 Å². The van der Waals surface area contributed by atoms with Crippen molar-refractivity contribution in [1.29, 1.82) is 0 Å². The van der Waals surface area contributed by atoms with Gasteiger partial charge < -0.3 is 5.73 Å². The van der Waals surface area contributed by atoms with Crippen LogP contribution in [0, 0.1) is 5.41 Å². The fraction of sp³-hybridized carbons (Fsp3) is 1.00. The standard InChI is InChI=1S/C8H18N.Ta/c1-6-7(2,3)8(4,5)9;/h9H,6H2,1-5H3;/q-1;. The molecular formula is C8H18NTa-. The molecule has 0 aromatic rings. The van der Waals surface area contributed by atoms with Gasteiger partial charge in [0.25, 0.3) is 0 Å². The maximum absolute atomic E-state index is 7.73. The maximum Gasteiger partial charge on any atom is 0 e. The van der Waals surface area contributed by atoms with Crippen molar-refractivity contribution in [2.75, 3.05) is 0 Å². The fourth-order valence-electron chi connectivity index (χ4n) is 0.442. The SMILES string of the molecule is CCC(C)(C)C(C)(C)[NH-].[Ta]. The second-order valence-corrected chi connectivity index (χ2v) is 3.86. The molecule has 0 aliphatic carbocycles. The molecule has 61 valence electrons. The molecule has 0 unspecified atom stereocenters. The van der Waals surface area contributed by atoms with Gasteiger partial charge in [-0.25, -0.2) is 0 Å². The van der Waals surface area contributed by atoms with Crippen LogP contribution in [0.25, 0.3) is 5.73 Å². The smallest absolute Gasteiger partial charge is 0 e. The van der Waals surface area contributed by atoms with Gasteiger partial charge >= 0.3 is 0 Å². The molecule has 0 aliphatic rings. The molecule has 0 aliphatic heterocycles. The summed E-state index contributed by atoms with van der Waals surface area (Å²) in [6.45, 7) is 10.4. The van der Waals surface area contributed by atoms with E-state index in [4.69, 9.17) is 5.73 Å². The molecule has 0 saturated carbocycles. The van der Waals surface area contributed by atoms with Gasteiger partial charge in [-0.3, -0.25) is 0 Å². The first-order valence-electron chi connectivity index (χ1n) is 3.56. The van der Waals surface area contributed by atoms with Gasteiger partial charge in [0.05, 0.1) is 0 Å². The molecule has 0 saturated heterocycles. The minimum absolute atomic E-state index is 0. The molecule has 1 N–H and O–H groups in total. The van der Waals surface area contributed by atoms with Gasteiger partial charge in [0, 0.05) is 22.4 Å². The summed E-state index contributed by atoms with van der Waals surface area (Å²) in [5.74, 6) is 0. The van der Waals surface area contributed by atoms with Crippen LogP contribution in [0.5, 0.6) is 0 Å². The minimum atomic E-state index is -0.304. The van der Waals surface area contributed by atoms with Crippen molar-refractivity contribution in [3.8, 4) is 0 Å². The summed E-state index contributed by atoms with van der Waals surface area (Å²) in [4.78, 5) is 0. The second kappa shape index (κ2) is 3.91. The van der Waals surface area contributed by atoms with Crippen molar-refractivity contribution in [3.05, 3.63) is 5.73 Å². The Morgan fingerprint density at radius 2 is 1.40 bits per heavy atom. The molecule has 0 bridgehead atoms. The topological polar surface area (TPSA) is 23.8 Å². The van der Waals surface area contributed by atoms with Crippen LogP contribution in [-0.4, -0.2) is 5.54 Å². The first-order chi connectivity index (χ1) is 3.81. The zero-order valence-corrected chi connectivity index (χ0v) is 10.9. The van der Waals surface area contributed by atoms with E-state index in [9.17, 15) is 0 Å². The van der Waals surface area contributed by atoms with Crippen molar-refractivity contribution < 1.29 is 22.4 Å². The van der Waals surface area contributed by atoms with E-state index in [2.05, 4.69) is 20.8 Å². The second-order valence-electron chi connectivity index (χ2n) is 3.86. The van der Waals surface area contributed by atoms with E-state index in [1.54, 1.807) is 0 Å². The van der Waals surface area contributed by atoms with Crippen LogP contribution in [0.3, 0.4) is 0 Å². The van der Waals surface area contributed by atoms with E-state index in [0.29, 0.717) is 0 Å². The Morgan fingerprint density at radius 3 is 1.40 bits per heavy atom. The molecule has 0 amide bonds. The molecule has 1 nitrogen and oxygen atoms in total. The predicted octanol–water partition coefficient (Wildman–Crippen LogP) is 3.25. The molecule has 0 rings (SSSR count). The summed E-state index contributed by atoms with van der Waals surface area (Å²) in [5, 5.41) is 0. The van der Waals surface area contributed by atoms with E-state index in [1.165, 1.54) is 0 Å². The van der Waals surface area contributed by atoms with Crippen molar-refractivity contribution >= 4 is 0 Å². The van der Waals surface area contributed by atoms with E-state index in [1.807, 2.05) is 13.8 Å². The van der Waals surface area contributed by atoms with Gasteiger partial charge in [0.15, 0.2) is 0 Å². The number of rotatable bonds is 2. The molecule has 2 heteroatoms. The Balaban J connectivity index is 0. The van der Waals surface area contributed by atoms with Gasteiger partial charge in [-0.15, -0.1) is 5.54 Å². The average molecular weight is 309 g/mol. The Kier molecular flexibility index (Phi) is 5.20. The molecule has 0 fully saturated rings. The Morgan fingerprint density at radius 1 is 1.10 bits per heavy atom. The normalized spacial score (nSPS) is 12.6. The monoisotopic (exact) mass is 309 g/mol. The summed E-state index contributed by atoms with van der Waals surface area (Å²) < 4.78 is 0. The van der Waals surface area contributed by atoms with E-state index in [-0.39, 0.29) is 33.3 Å². The van der Waals surface area contributed by atoms with Gasteiger partial charge in [0.1, 0.15) is 0 Å². The molecule has 1 radical (unpaired) electrons. The van der Waals surface area contributed by atoms with Gasteiger partial charge in [-0.2, -0.15) is 0 Å².